The van der Waals surface area contributed by atoms with Crippen molar-refractivity contribution in [1.29, 1.82) is 5.26 Å². The van der Waals surface area contributed by atoms with Gasteiger partial charge in [-0.2, -0.15) is 15.0 Å². The Kier molecular flexibility index (Phi) is 3.73. The van der Waals surface area contributed by atoms with Gasteiger partial charge in [0.2, 0.25) is 0 Å². The average molecular weight is 308 g/mol. The van der Waals surface area contributed by atoms with Gasteiger partial charge in [-0.3, -0.25) is 4.79 Å². The van der Waals surface area contributed by atoms with E-state index in [9.17, 15) is 4.79 Å². The Morgan fingerprint density at radius 3 is 2.50 bits per heavy atom. The lowest BCUT2D eigenvalue weighted by molar-refractivity contribution is 0.812. The number of benzene rings is 2. The van der Waals surface area contributed by atoms with Crippen molar-refractivity contribution in [1.82, 2.24) is 9.78 Å². The zero-order valence-corrected chi connectivity index (χ0v) is 12.2. The summed E-state index contributed by atoms with van der Waals surface area (Å²) in [6, 6.07) is 19.1. The van der Waals surface area contributed by atoms with Crippen molar-refractivity contribution in [2.75, 3.05) is 0 Å². The predicted octanol–water partition coefficient (Wildman–Crippen LogP) is 3.42. The Morgan fingerprint density at radius 1 is 1.05 bits per heavy atom. The summed E-state index contributed by atoms with van der Waals surface area (Å²) in [5, 5.41) is 13.8. The zero-order valence-electron chi connectivity index (χ0n) is 11.4. The van der Waals surface area contributed by atoms with Crippen LogP contribution >= 0.6 is 11.6 Å². The van der Waals surface area contributed by atoms with Crippen LogP contribution in [0.3, 0.4) is 0 Å². The lowest BCUT2D eigenvalue weighted by atomic mass is 10.1. The number of nitriles is 1. The Bertz CT molecular complexity index is 924. The van der Waals surface area contributed by atoms with E-state index in [-0.39, 0.29) is 5.56 Å². The van der Waals surface area contributed by atoms with Crippen molar-refractivity contribution >= 4 is 11.6 Å². The molecule has 5 heteroatoms. The molecule has 0 spiro atoms. The molecule has 2 aromatic carbocycles. The fourth-order valence-corrected chi connectivity index (χ4v) is 2.27. The second-order valence-corrected chi connectivity index (χ2v) is 5.07. The van der Waals surface area contributed by atoms with Crippen molar-refractivity contribution in [3.05, 3.63) is 81.6 Å². The van der Waals surface area contributed by atoms with E-state index >= 15 is 0 Å². The minimum atomic E-state index is -0.240. The molecule has 0 aliphatic carbocycles. The van der Waals surface area contributed by atoms with E-state index in [1.165, 1.54) is 10.7 Å². The highest BCUT2D eigenvalue weighted by Gasteiger charge is 2.06. The van der Waals surface area contributed by atoms with Gasteiger partial charge in [0.25, 0.3) is 5.56 Å². The van der Waals surface area contributed by atoms with E-state index in [1.54, 1.807) is 42.5 Å². The average Bonchev–Trinajstić information content (AvgIpc) is 2.55. The lowest BCUT2D eigenvalue weighted by Crippen LogP contribution is -2.20. The molecule has 3 aromatic rings. The molecule has 4 nitrogen and oxygen atoms in total. The molecule has 0 N–H and O–H groups in total. The van der Waals surface area contributed by atoms with Gasteiger partial charge >= 0.3 is 0 Å². The molecule has 1 heterocycles. The summed E-state index contributed by atoms with van der Waals surface area (Å²) in [6.45, 7) is 0. The summed E-state index contributed by atoms with van der Waals surface area (Å²) < 4.78 is 1.30. The number of hydrogen-bond acceptors (Lipinski definition) is 3. The summed E-state index contributed by atoms with van der Waals surface area (Å²) in [5.41, 5.74) is 2.37. The predicted molar refractivity (Wildman–Crippen MR) is 85.0 cm³/mol. The van der Waals surface area contributed by atoms with Gasteiger partial charge < -0.3 is 0 Å². The quantitative estimate of drug-likeness (QED) is 0.729. The Labute approximate surface area is 131 Å². The molecule has 22 heavy (non-hydrogen) atoms. The van der Waals surface area contributed by atoms with Crippen LogP contribution < -0.4 is 5.56 Å². The van der Waals surface area contributed by atoms with Gasteiger partial charge in [-0.15, -0.1) is 0 Å². The second kappa shape index (κ2) is 5.84. The first-order chi connectivity index (χ1) is 10.7. The summed E-state index contributed by atoms with van der Waals surface area (Å²) in [5.74, 6) is 0. The Hall–Kier alpha value is -2.90. The summed E-state index contributed by atoms with van der Waals surface area (Å²) in [4.78, 5) is 12.0. The third-order valence-electron chi connectivity index (χ3n) is 3.16. The first-order valence-corrected chi connectivity index (χ1v) is 6.92. The molecule has 0 atom stereocenters. The number of nitrogens with zero attached hydrogens (tertiary/aromatic N) is 3. The normalized spacial score (nSPS) is 10.2. The van der Waals surface area contributed by atoms with Gasteiger partial charge in [0, 0.05) is 16.7 Å². The fraction of sp³-hybridized carbons (Fsp3) is 0. The number of aromatic nitrogens is 2. The Morgan fingerprint density at radius 2 is 1.82 bits per heavy atom. The molecule has 0 saturated heterocycles. The van der Waals surface area contributed by atoms with Crippen molar-refractivity contribution in [3.8, 4) is 23.0 Å². The SMILES string of the molecule is N#Cc1ccc(-n2nc(-c3cccc(Cl)c3)ccc2=O)cc1. The van der Waals surface area contributed by atoms with Crippen molar-refractivity contribution < 1.29 is 0 Å². The third-order valence-corrected chi connectivity index (χ3v) is 3.40. The fourth-order valence-electron chi connectivity index (χ4n) is 2.08. The molecular formula is C17H10ClN3O. The van der Waals surface area contributed by atoms with Crippen LogP contribution in [-0.2, 0) is 0 Å². The molecule has 0 amide bonds. The molecule has 106 valence electrons. The number of rotatable bonds is 2. The van der Waals surface area contributed by atoms with E-state index in [2.05, 4.69) is 5.10 Å². The molecule has 0 saturated carbocycles. The number of hydrogen-bond donors (Lipinski definition) is 0. The van der Waals surface area contributed by atoms with E-state index in [0.717, 1.165) is 5.56 Å². The van der Waals surface area contributed by atoms with Gasteiger partial charge in [0.1, 0.15) is 0 Å². The summed E-state index contributed by atoms with van der Waals surface area (Å²) in [7, 11) is 0. The summed E-state index contributed by atoms with van der Waals surface area (Å²) >= 11 is 5.99. The van der Waals surface area contributed by atoms with Crippen LogP contribution in [-0.4, -0.2) is 9.78 Å². The van der Waals surface area contributed by atoms with Crippen molar-refractivity contribution in [3.63, 3.8) is 0 Å². The van der Waals surface area contributed by atoms with E-state index in [0.29, 0.717) is 22.0 Å². The molecule has 0 bridgehead atoms. The highest BCUT2D eigenvalue weighted by molar-refractivity contribution is 6.30. The minimum Gasteiger partial charge on any atom is -0.267 e. The molecule has 0 aliphatic heterocycles. The molecule has 0 aliphatic rings. The van der Waals surface area contributed by atoms with Crippen molar-refractivity contribution in [2.24, 2.45) is 0 Å². The maximum absolute atomic E-state index is 12.0. The minimum absolute atomic E-state index is 0.240. The highest BCUT2D eigenvalue weighted by Crippen LogP contribution is 2.20. The van der Waals surface area contributed by atoms with Gasteiger partial charge in [-0.1, -0.05) is 23.7 Å². The van der Waals surface area contributed by atoms with Crippen LogP contribution in [0.25, 0.3) is 16.9 Å². The van der Waals surface area contributed by atoms with Crippen LogP contribution in [0.15, 0.2) is 65.5 Å². The zero-order chi connectivity index (χ0) is 15.5. The van der Waals surface area contributed by atoms with Gasteiger partial charge in [0.15, 0.2) is 0 Å². The van der Waals surface area contributed by atoms with Gasteiger partial charge in [0.05, 0.1) is 23.0 Å². The van der Waals surface area contributed by atoms with E-state index in [1.807, 2.05) is 18.2 Å². The summed E-state index contributed by atoms with van der Waals surface area (Å²) in [6.07, 6.45) is 0. The van der Waals surface area contributed by atoms with Crippen LogP contribution in [0.2, 0.25) is 5.02 Å². The maximum Gasteiger partial charge on any atom is 0.271 e. The largest absolute Gasteiger partial charge is 0.271 e. The smallest absolute Gasteiger partial charge is 0.267 e. The maximum atomic E-state index is 12.0. The van der Waals surface area contributed by atoms with Crippen LogP contribution in [0, 0.1) is 11.3 Å². The van der Waals surface area contributed by atoms with E-state index < -0.39 is 0 Å². The molecular weight excluding hydrogens is 298 g/mol. The monoisotopic (exact) mass is 307 g/mol. The first kappa shape index (κ1) is 14.1. The Balaban J connectivity index is 2.10. The molecule has 3 rings (SSSR count). The molecule has 0 fully saturated rings. The molecule has 0 unspecified atom stereocenters. The molecule has 1 aromatic heterocycles. The number of halogens is 1. The second-order valence-electron chi connectivity index (χ2n) is 4.64. The molecule has 0 radical (unpaired) electrons. The topological polar surface area (TPSA) is 58.7 Å². The van der Waals surface area contributed by atoms with Gasteiger partial charge in [-0.25, -0.2) is 0 Å². The van der Waals surface area contributed by atoms with Crippen molar-refractivity contribution in [2.45, 2.75) is 0 Å². The highest BCUT2D eigenvalue weighted by atomic mass is 35.5. The first-order valence-electron chi connectivity index (χ1n) is 6.54. The standard InChI is InChI=1S/C17H10ClN3O/c18-14-3-1-2-13(10-14)16-8-9-17(22)21(20-16)15-6-4-12(11-19)5-7-15/h1-10H. The third kappa shape index (κ3) is 2.76. The van der Waals surface area contributed by atoms with Crippen LogP contribution in [0.5, 0.6) is 0 Å². The van der Waals surface area contributed by atoms with Crippen LogP contribution in [0.4, 0.5) is 0 Å². The van der Waals surface area contributed by atoms with E-state index in [4.69, 9.17) is 16.9 Å². The van der Waals surface area contributed by atoms with Gasteiger partial charge in [-0.05, 0) is 42.5 Å². The van der Waals surface area contributed by atoms with Crippen LogP contribution in [0.1, 0.15) is 5.56 Å². The lowest BCUT2D eigenvalue weighted by Gasteiger charge is -2.07.